The second-order valence-corrected chi connectivity index (χ2v) is 30.3. The maximum absolute atomic E-state index is 5.14. The molecule has 0 saturated carbocycles. The third-order valence-electron chi connectivity index (χ3n) is 24.5. The average molecular weight is 1760 g/mol. The fraction of sp³-hybridized carbons (Fsp3) is 0.308. The van der Waals surface area contributed by atoms with Crippen molar-refractivity contribution in [3.8, 4) is 0 Å². The maximum Gasteiger partial charge on any atom is 2.00 e. The average Bonchev–Trinajstić information content (AvgIpc) is 0.722. The van der Waals surface area contributed by atoms with E-state index in [1.165, 1.54) is 132 Å². The van der Waals surface area contributed by atoms with Crippen LogP contribution in [0.4, 0.5) is 0 Å². The molecule has 0 radical (unpaired) electrons. The number of hydrogen-bond donors (Lipinski definition) is 0. The van der Waals surface area contributed by atoms with Gasteiger partial charge in [-0.25, -0.2) is 9.97 Å². The molecule has 19 rings (SSSR count). The third kappa shape index (κ3) is 15.3. The fourth-order valence-corrected chi connectivity index (χ4v) is 19.2. The minimum absolute atomic E-state index is 0. The molecular formula is C104H108N14Ru2+4. The molecule has 606 valence electrons. The summed E-state index contributed by atoms with van der Waals surface area (Å²) >= 11 is 0. The Kier molecular flexibility index (Phi) is 28.0. The summed E-state index contributed by atoms with van der Waals surface area (Å²) in [6.45, 7) is 35.8. The van der Waals surface area contributed by atoms with Gasteiger partial charge >= 0.3 is 39.0 Å². The van der Waals surface area contributed by atoms with Gasteiger partial charge in [-0.1, -0.05) is 111 Å². The number of aryl methyl sites for hydroxylation is 16. The first kappa shape index (κ1) is 86.9. The van der Waals surface area contributed by atoms with E-state index in [4.69, 9.17) is 49.8 Å². The van der Waals surface area contributed by atoms with E-state index in [-0.39, 0.29) is 39.0 Å². The van der Waals surface area contributed by atoms with Crippen LogP contribution in [0.5, 0.6) is 0 Å². The van der Waals surface area contributed by atoms with E-state index >= 15 is 0 Å². The molecule has 0 bridgehead atoms. The second kappa shape index (κ2) is 38.6. The smallest absolute Gasteiger partial charge is 0.254 e. The topological polar surface area (TPSA) is 180 Å². The summed E-state index contributed by atoms with van der Waals surface area (Å²) in [5, 5.41) is 14.5. The van der Waals surface area contributed by atoms with Crippen molar-refractivity contribution in [2.24, 2.45) is 0 Å². The van der Waals surface area contributed by atoms with Crippen LogP contribution in [-0.4, -0.2) is 69.8 Å². The van der Waals surface area contributed by atoms with Gasteiger partial charge in [0.15, 0.2) is 0 Å². The second-order valence-electron chi connectivity index (χ2n) is 30.3. The Balaban J connectivity index is 0.000000130. The fourth-order valence-electron chi connectivity index (χ4n) is 19.2. The molecule has 19 aromatic rings. The van der Waals surface area contributed by atoms with Gasteiger partial charge in [0.25, 0.3) is 0 Å². The van der Waals surface area contributed by atoms with Crippen LogP contribution in [0.25, 0.3) is 153 Å². The Bertz CT molecular complexity index is 5950. The number of fused-ring (bicyclic) bond motifs is 24. The zero-order chi connectivity index (χ0) is 82.4. The predicted molar refractivity (Wildman–Crippen MR) is 496 cm³/mol. The van der Waals surface area contributed by atoms with Crippen LogP contribution < -0.4 is 0 Å². The third-order valence-corrected chi connectivity index (χ3v) is 24.5. The number of benzene rings is 6. The van der Waals surface area contributed by atoms with Gasteiger partial charge in [0.2, 0.25) is 0 Å². The van der Waals surface area contributed by atoms with E-state index in [1.807, 2.05) is 98.1 Å². The van der Waals surface area contributed by atoms with E-state index in [9.17, 15) is 0 Å². The zero-order valence-electron chi connectivity index (χ0n) is 72.4. The molecule has 0 aliphatic rings. The molecule has 0 N–H and O–H groups in total. The predicted octanol–water partition coefficient (Wildman–Crippen LogP) is 25.1. The summed E-state index contributed by atoms with van der Waals surface area (Å²) in [4.78, 5) is 66.4. The van der Waals surface area contributed by atoms with Crippen molar-refractivity contribution in [3.63, 3.8) is 0 Å². The maximum atomic E-state index is 5.14. The van der Waals surface area contributed by atoms with Gasteiger partial charge < -0.3 is 0 Å². The van der Waals surface area contributed by atoms with E-state index in [0.717, 1.165) is 213 Å². The Morgan fingerprint density at radius 3 is 0.408 bits per heavy atom. The largest absolute Gasteiger partial charge is 2.00 e. The SMILES string of the molecule is CCc1ccnc2c1c(CC)c(CC)c1c(CC)ccnc12.CCc1ccnc2c1c(CC)c(CC)c1c(CC)ccnc12.CCc1ccnc2c1c(CC)c(CC)c1c(CC)ccnc12.CCc1ccnc2c1c(CC)c(CC)c1c(CC)ccnc12.[Ru+2].[Ru+2].c1cnc2c(c1)c1nc3c4cccnc4c4ncccc4c3nc1c1cccnc12. The Morgan fingerprint density at radius 2 is 0.283 bits per heavy atom. The minimum Gasteiger partial charge on any atom is -0.254 e. The van der Waals surface area contributed by atoms with Crippen molar-refractivity contribution in [1.82, 2.24) is 69.8 Å². The molecule has 6 aromatic carbocycles. The van der Waals surface area contributed by atoms with Crippen LogP contribution in [0.2, 0.25) is 0 Å². The summed E-state index contributed by atoms with van der Waals surface area (Å²) in [5.74, 6) is 0. The first-order chi connectivity index (χ1) is 57.9. The van der Waals surface area contributed by atoms with Crippen LogP contribution in [0.15, 0.2) is 171 Å². The summed E-state index contributed by atoms with van der Waals surface area (Å²) in [5.41, 5.74) is 38.2. The molecule has 0 aliphatic heterocycles. The van der Waals surface area contributed by atoms with Crippen molar-refractivity contribution >= 4 is 153 Å². The van der Waals surface area contributed by atoms with E-state index < -0.39 is 0 Å². The van der Waals surface area contributed by atoms with Crippen LogP contribution in [0.3, 0.4) is 0 Å². The molecular weight excluding hydrogens is 1650 g/mol. The van der Waals surface area contributed by atoms with Gasteiger partial charge in [-0.05, 0) is 289 Å². The first-order valence-electron chi connectivity index (χ1n) is 43.4. The van der Waals surface area contributed by atoms with Gasteiger partial charge in [-0.15, -0.1) is 0 Å². The minimum atomic E-state index is 0. The molecule has 0 amide bonds. The van der Waals surface area contributed by atoms with Crippen LogP contribution >= 0.6 is 0 Å². The van der Waals surface area contributed by atoms with Crippen molar-refractivity contribution in [2.75, 3.05) is 0 Å². The molecule has 0 saturated heterocycles. The number of rotatable bonds is 16. The number of nitrogens with zero attached hydrogens (tertiary/aromatic N) is 14. The molecule has 0 spiro atoms. The molecule has 13 heterocycles. The Hall–Kier alpha value is -10.9. The van der Waals surface area contributed by atoms with Crippen LogP contribution in [0, 0.1) is 0 Å². The first-order valence-corrected chi connectivity index (χ1v) is 43.4. The van der Waals surface area contributed by atoms with Crippen molar-refractivity contribution < 1.29 is 39.0 Å². The van der Waals surface area contributed by atoms with E-state index in [2.05, 4.69) is 179 Å². The van der Waals surface area contributed by atoms with Crippen molar-refractivity contribution in [2.45, 2.75) is 214 Å². The summed E-state index contributed by atoms with van der Waals surface area (Å²) < 4.78 is 0. The molecule has 120 heavy (non-hydrogen) atoms. The molecule has 14 nitrogen and oxygen atoms in total. The van der Waals surface area contributed by atoms with E-state index in [0.29, 0.717) is 0 Å². The number of aromatic nitrogens is 14. The van der Waals surface area contributed by atoms with Crippen LogP contribution in [0.1, 0.15) is 200 Å². The standard InChI is InChI=1S/C24H12N6.4C20H24N2.2Ru/c1-5-13-17(25-9-1)18-14(6-2-10-26-18)22-21(13)29-23-15-7-3-11-27-19(15)20-16(24(23)30-22)8-4-12-28-20;4*1-5-13-9-11-21-19-17(13)15(7-3)16(8-4)18-14(6-2)10-12-22-20(18)19;;/h1-12H;4*9-12H,5-8H2,1-4H3;;/q;;;;;2*+2. The zero-order valence-corrected chi connectivity index (χ0v) is 75.9. The van der Waals surface area contributed by atoms with Gasteiger partial charge in [0.1, 0.15) is 0 Å². The monoisotopic (exact) mass is 1760 g/mol. The normalized spacial score (nSPS) is 11.4. The van der Waals surface area contributed by atoms with Crippen molar-refractivity contribution in [1.29, 1.82) is 0 Å². The molecule has 0 atom stereocenters. The number of hydrogen-bond acceptors (Lipinski definition) is 14. The summed E-state index contributed by atoms with van der Waals surface area (Å²) in [6.07, 6.45) is 39.3. The molecule has 13 aromatic heterocycles. The van der Waals surface area contributed by atoms with Gasteiger partial charge in [0.05, 0.1) is 88.3 Å². The van der Waals surface area contributed by atoms with E-state index in [1.54, 1.807) is 24.8 Å². The van der Waals surface area contributed by atoms with Gasteiger partial charge in [-0.2, -0.15) is 0 Å². The molecule has 0 unspecified atom stereocenters. The Morgan fingerprint density at radius 1 is 0.150 bits per heavy atom. The molecule has 0 fully saturated rings. The summed E-state index contributed by atoms with van der Waals surface area (Å²) in [7, 11) is 0. The van der Waals surface area contributed by atoms with Gasteiger partial charge in [-0.3, -0.25) is 59.8 Å². The molecule has 16 heteroatoms. The summed E-state index contributed by atoms with van der Waals surface area (Å²) in [6, 6.07) is 33.1. The van der Waals surface area contributed by atoms with Crippen molar-refractivity contribution in [3.05, 3.63) is 260 Å². The molecule has 0 aliphatic carbocycles. The Labute approximate surface area is 730 Å². The number of pyridine rings is 12. The quantitative estimate of drug-likeness (QED) is 0.0506. The van der Waals surface area contributed by atoms with Gasteiger partial charge in [0, 0.05) is 139 Å². The van der Waals surface area contributed by atoms with Crippen LogP contribution in [-0.2, 0) is 142 Å².